The van der Waals surface area contributed by atoms with Crippen molar-refractivity contribution in [2.45, 2.75) is 6.92 Å². The van der Waals surface area contributed by atoms with Crippen molar-refractivity contribution in [1.82, 2.24) is 15.2 Å². The molecule has 0 unspecified atom stereocenters. The lowest BCUT2D eigenvalue weighted by molar-refractivity contribution is -0.402. The van der Waals surface area contributed by atoms with E-state index in [-0.39, 0.29) is 5.76 Å². The molecular weight excluding hydrogens is 422 g/mol. The van der Waals surface area contributed by atoms with Gasteiger partial charge in [0.05, 0.1) is 22.9 Å². The van der Waals surface area contributed by atoms with Crippen molar-refractivity contribution in [2.24, 2.45) is 0 Å². The number of thiazole rings is 1. The van der Waals surface area contributed by atoms with Crippen LogP contribution in [-0.2, 0) is 0 Å². The number of hydrogen-bond donors (Lipinski definition) is 1. The predicted molar refractivity (Wildman–Crippen MR) is 117 cm³/mol. The summed E-state index contributed by atoms with van der Waals surface area (Å²) < 4.78 is 11.6. The van der Waals surface area contributed by atoms with Gasteiger partial charge in [-0.2, -0.15) is 0 Å². The number of anilines is 1. The fraction of sp³-hybridized carbons (Fsp3) is 0.400. The summed E-state index contributed by atoms with van der Waals surface area (Å²) >= 11 is 1.67. The second-order valence-electron chi connectivity index (χ2n) is 7.04. The highest BCUT2D eigenvalue weighted by Gasteiger charge is 2.21. The van der Waals surface area contributed by atoms with Crippen LogP contribution in [0, 0.1) is 10.1 Å². The third-order valence-electron chi connectivity index (χ3n) is 5.01. The van der Waals surface area contributed by atoms with Gasteiger partial charge in [0.15, 0.2) is 10.9 Å². The topological polar surface area (TPSA) is 114 Å². The Morgan fingerprint density at radius 3 is 2.81 bits per heavy atom. The Morgan fingerprint density at radius 1 is 1.29 bits per heavy atom. The fourth-order valence-corrected chi connectivity index (χ4v) is 4.46. The number of carbonyl (C=O) groups is 1. The number of piperazine rings is 1. The minimum atomic E-state index is -0.667. The van der Waals surface area contributed by atoms with Crippen molar-refractivity contribution in [2.75, 3.05) is 50.8 Å². The lowest BCUT2D eigenvalue weighted by Crippen LogP contribution is -2.48. The maximum absolute atomic E-state index is 12.0. The number of benzene rings is 1. The van der Waals surface area contributed by atoms with Gasteiger partial charge in [0.25, 0.3) is 5.91 Å². The molecule has 1 aliphatic rings. The van der Waals surface area contributed by atoms with Crippen molar-refractivity contribution in [3.05, 3.63) is 46.2 Å². The van der Waals surface area contributed by atoms with Crippen LogP contribution < -0.4 is 15.0 Å². The van der Waals surface area contributed by atoms with E-state index in [2.05, 4.69) is 15.1 Å². The summed E-state index contributed by atoms with van der Waals surface area (Å²) in [6, 6.07) is 8.46. The highest BCUT2D eigenvalue weighted by molar-refractivity contribution is 7.22. The third-order valence-corrected chi connectivity index (χ3v) is 6.09. The predicted octanol–water partition coefficient (Wildman–Crippen LogP) is 2.75. The number of rotatable bonds is 8. The zero-order chi connectivity index (χ0) is 21.8. The quantitative estimate of drug-likeness (QED) is 0.416. The average Bonchev–Trinajstić information content (AvgIpc) is 3.42. The summed E-state index contributed by atoms with van der Waals surface area (Å²) in [6.07, 6.45) is 0. The van der Waals surface area contributed by atoms with E-state index < -0.39 is 16.7 Å². The Balaban J connectivity index is 1.24. The van der Waals surface area contributed by atoms with Crippen LogP contribution in [0.1, 0.15) is 17.5 Å². The van der Waals surface area contributed by atoms with Gasteiger partial charge >= 0.3 is 5.88 Å². The Hall–Kier alpha value is -3.18. The molecule has 0 bridgehead atoms. The van der Waals surface area contributed by atoms with Crippen LogP contribution in [0.5, 0.6) is 5.75 Å². The smallest absolute Gasteiger partial charge is 0.433 e. The fourth-order valence-electron chi connectivity index (χ4n) is 3.41. The molecule has 0 aliphatic carbocycles. The van der Waals surface area contributed by atoms with E-state index in [1.807, 2.05) is 25.1 Å². The van der Waals surface area contributed by atoms with Gasteiger partial charge in [-0.25, -0.2) is 4.98 Å². The number of carbonyl (C=O) groups excluding carboxylic acids is 1. The molecule has 11 heteroatoms. The number of nitrogens with zero attached hydrogens (tertiary/aromatic N) is 4. The van der Waals surface area contributed by atoms with Crippen LogP contribution in [0.25, 0.3) is 10.2 Å². The minimum Gasteiger partial charge on any atom is -0.494 e. The normalized spacial score (nSPS) is 14.7. The van der Waals surface area contributed by atoms with Crippen molar-refractivity contribution in [3.63, 3.8) is 0 Å². The number of nitro groups is 1. The zero-order valence-corrected chi connectivity index (χ0v) is 17.9. The maximum Gasteiger partial charge on any atom is 0.433 e. The van der Waals surface area contributed by atoms with E-state index in [0.29, 0.717) is 19.7 Å². The van der Waals surface area contributed by atoms with Crippen LogP contribution in [0.15, 0.2) is 34.7 Å². The van der Waals surface area contributed by atoms with Gasteiger partial charge in [0.1, 0.15) is 10.7 Å². The summed E-state index contributed by atoms with van der Waals surface area (Å²) in [4.78, 5) is 31.3. The molecule has 0 atom stereocenters. The van der Waals surface area contributed by atoms with Crippen LogP contribution in [-0.4, -0.2) is 66.6 Å². The van der Waals surface area contributed by atoms with Gasteiger partial charge in [-0.3, -0.25) is 19.8 Å². The van der Waals surface area contributed by atoms with Crippen molar-refractivity contribution >= 4 is 38.5 Å². The minimum absolute atomic E-state index is 0.0557. The van der Waals surface area contributed by atoms with E-state index in [1.54, 1.807) is 11.3 Å². The summed E-state index contributed by atoms with van der Waals surface area (Å²) in [6.45, 7) is 7.18. The third kappa shape index (κ3) is 4.94. The van der Waals surface area contributed by atoms with E-state index in [0.717, 1.165) is 47.3 Å². The average molecular weight is 446 g/mol. The highest BCUT2D eigenvalue weighted by Crippen LogP contribution is 2.32. The number of furan rings is 1. The second-order valence-corrected chi connectivity index (χ2v) is 8.05. The van der Waals surface area contributed by atoms with Crippen molar-refractivity contribution in [3.8, 4) is 5.75 Å². The van der Waals surface area contributed by atoms with Crippen molar-refractivity contribution in [1.29, 1.82) is 0 Å². The number of ether oxygens (including phenoxy) is 1. The molecule has 1 aliphatic heterocycles. The molecule has 10 nitrogen and oxygen atoms in total. The van der Waals surface area contributed by atoms with Gasteiger partial charge in [0.2, 0.25) is 0 Å². The first-order chi connectivity index (χ1) is 15.0. The number of fused-ring (bicyclic) bond motifs is 1. The van der Waals surface area contributed by atoms with Gasteiger partial charge in [-0.15, -0.1) is 0 Å². The van der Waals surface area contributed by atoms with Crippen LogP contribution in [0.2, 0.25) is 0 Å². The van der Waals surface area contributed by atoms with Crippen molar-refractivity contribution < 1.29 is 18.9 Å². The van der Waals surface area contributed by atoms with Gasteiger partial charge in [-0.05, 0) is 31.2 Å². The van der Waals surface area contributed by atoms with Gasteiger partial charge in [-0.1, -0.05) is 11.3 Å². The summed E-state index contributed by atoms with van der Waals surface area (Å²) in [7, 11) is 0. The van der Waals surface area contributed by atoms with Gasteiger partial charge < -0.3 is 19.4 Å². The Morgan fingerprint density at radius 2 is 2.10 bits per heavy atom. The molecule has 4 rings (SSSR count). The number of aromatic nitrogens is 1. The molecule has 0 saturated carbocycles. The van der Waals surface area contributed by atoms with E-state index >= 15 is 0 Å². The lowest BCUT2D eigenvalue weighted by atomic mass is 10.3. The monoisotopic (exact) mass is 445 g/mol. The molecule has 1 fully saturated rings. The molecule has 164 valence electrons. The molecule has 1 N–H and O–H groups in total. The highest BCUT2D eigenvalue weighted by atomic mass is 32.1. The first-order valence-electron chi connectivity index (χ1n) is 10.1. The molecule has 0 radical (unpaired) electrons. The molecule has 0 spiro atoms. The SMILES string of the molecule is CCOc1ccc2nc(N3CCN(CCNC(=O)c4ccc([N+](=O)[O-])o4)CC3)sc2c1. The van der Waals surface area contributed by atoms with Crippen LogP contribution in [0.4, 0.5) is 11.0 Å². The zero-order valence-electron chi connectivity index (χ0n) is 17.1. The summed E-state index contributed by atoms with van der Waals surface area (Å²) in [5.41, 5.74) is 0.978. The summed E-state index contributed by atoms with van der Waals surface area (Å²) in [5.74, 6) is -0.0843. The Labute approximate surface area is 182 Å². The lowest BCUT2D eigenvalue weighted by Gasteiger charge is -2.34. The molecule has 1 aromatic carbocycles. The van der Waals surface area contributed by atoms with Crippen LogP contribution >= 0.6 is 11.3 Å². The number of hydrogen-bond acceptors (Lipinski definition) is 9. The van der Waals surface area contributed by atoms with E-state index in [9.17, 15) is 14.9 Å². The molecular formula is C20H23N5O5S. The largest absolute Gasteiger partial charge is 0.494 e. The molecule has 1 amide bonds. The molecule has 3 aromatic rings. The van der Waals surface area contributed by atoms with Gasteiger partial charge in [0, 0.05) is 39.3 Å². The standard InChI is InChI=1S/C20H23N5O5S/c1-2-29-14-3-4-15-17(13-14)31-20(22-15)24-11-9-23(10-12-24)8-7-21-19(26)16-5-6-18(30-16)25(27)28/h3-6,13H,2,7-12H2,1H3,(H,21,26). The molecule has 1 saturated heterocycles. The second kappa shape index (κ2) is 9.31. The Kier molecular flexibility index (Phi) is 6.33. The van der Waals surface area contributed by atoms with Crippen LogP contribution in [0.3, 0.4) is 0 Å². The number of nitrogens with one attached hydrogen (secondary N) is 1. The molecule has 31 heavy (non-hydrogen) atoms. The van der Waals surface area contributed by atoms with E-state index in [4.69, 9.17) is 14.1 Å². The number of amides is 1. The maximum atomic E-state index is 12.0. The molecule has 3 heterocycles. The molecule has 2 aromatic heterocycles. The first kappa shape index (κ1) is 21.1. The first-order valence-corrected chi connectivity index (χ1v) is 10.9. The summed E-state index contributed by atoms with van der Waals surface area (Å²) in [5, 5.41) is 14.4. The van der Waals surface area contributed by atoms with E-state index in [1.165, 1.54) is 12.1 Å². The Bertz CT molecular complexity index is 1070.